The van der Waals surface area contributed by atoms with Gasteiger partial charge < -0.3 is 4.74 Å². The summed E-state index contributed by atoms with van der Waals surface area (Å²) in [7, 11) is -3.57. The Hall–Kier alpha value is -1.76. The number of hydrogen-bond acceptors (Lipinski definition) is 4. The van der Waals surface area contributed by atoms with Gasteiger partial charge in [0.2, 0.25) is 10.0 Å². The van der Waals surface area contributed by atoms with Gasteiger partial charge in [0.05, 0.1) is 4.90 Å². The number of sulfonamides is 1. The Kier molecular flexibility index (Phi) is 6.32. The van der Waals surface area contributed by atoms with E-state index in [0.29, 0.717) is 18.0 Å². The predicted octanol–water partition coefficient (Wildman–Crippen LogP) is 4.06. The van der Waals surface area contributed by atoms with E-state index in [2.05, 4.69) is 4.72 Å². The van der Waals surface area contributed by atoms with Crippen LogP contribution in [0.25, 0.3) is 10.8 Å². The van der Waals surface area contributed by atoms with E-state index in [1.54, 1.807) is 12.1 Å². The number of nitrogens with one attached hydrogen (secondary N) is 1. The van der Waals surface area contributed by atoms with E-state index in [4.69, 9.17) is 4.74 Å². The van der Waals surface area contributed by atoms with Crippen LogP contribution in [0.15, 0.2) is 47.4 Å². The molecule has 6 heteroatoms. The molecule has 1 unspecified atom stereocenters. The molecule has 0 amide bonds. The zero-order chi connectivity index (χ0) is 20.3. The van der Waals surface area contributed by atoms with E-state index >= 15 is 0 Å². The summed E-state index contributed by atoms with van der Waals surface area (Å²) in [5, 5.41) is 1.66. The Morgan fingerprint density at radius 3 is 2.48 bits per heavy atom. The fourth-order valence-corrected chi connectivity index (χ4v) is 5.96. The summed E-state index contributed by atoms with van der Waals surface area (Å²) < 4.78 is 34.2. The molecule has 1 atom stereocenters. The third kappa shape index (κ3) is 4.71. The molecular weight excluding hydrogens is 386 g/mol. The maximum Gasteiger partial charge on any atom is 0.241 e. The van der Waals surface area contributed by atoms with Gasteiger partial charge in [0.25, 0.3) is 0 Å². The summed E-state index contributed by atoms with van der Waals surface area (Å²) >= 11 is 0. The van der Waals surface area contributed by atoms with Gasteiger partial charge in [0, 0.05) is 24.5 Å². The van der Waals surface area contributed by atoms with Crippen LogP contribution in [0.2, 0.25) is 0 Å². The minimum absolute atomic E-state index is 0.0732. The average Bonchev–Trinajstić information content (AvgIpc) is 2.78. The van der Waals surface area contributed by atoms with Crippen LogP contribution >= 0.6 is 0 Å². The van der Waals surface area contributed by atoms with Gasteiger partial charge in [-0.2, -0.15) is 0 Å². The van der Waals surface area contributed by atoms with Crippen molar-refractivity contribution in [1.82, 2.24) is 4.72 Å². The first kappa shape index (κ1) is 20.5. The average molecular weight is 416 g/mol. The number of carbonyl (C=O) groups excluding carboxylic acids is 1. The zero-order valence-electron chi connectivity index (χ0n) is 16.7. The Morgan fingerprint density at radius 1 is 0.966 bits per heavy atom. The number of benzene rings is 2. The predicted molar refractivity (Wildman–Crippen MR) is 113 cm³/mol. The molecule has 1 aliphatic carbocycles. The van der Waals surface area contributed by atoms with E-state index in [1.807, 2.05) is 30.3 Å². The van der Waals surface area contributed by atoms with Crippen LogP contribution in [-0.2, 0) is 19.6 Å². The van der Waals surface area contributed by atoms with Crippen LogP contribution in [0, 0.1) is 11.8 Å². The molecular formula is C23H29NO4S. The molecule has 2 aliphatic rings. The molecule has 1 saturated carbocycles. The van der Waals surface area contributed by atoms with Gasteiger partial charge in [0.1, 0.15) is 6.10 Å². The van der Waals surface area contributed by atoms with Crippen molar-refractivity contribution in [3.8, 4) is 0 Å². The normalized spacial score (nSPS) is 25.7. The van der Waals surface area contributed by atoms with Crippen LogP contribution in [0.3, 0.4) is 0 Å². The van der Waals surface area contributed by atoms with E-state index in [9.17, 15) is 13.2 Å². The fraction of sp³-hybridized carbons (Fsp3) is 0.522. The quantitative estimate of drug-likeness (QED) is 0.772. The lowest BCUT2D eigenvalue weighted by molar-refractivity contribution is -0.138. The Bertz CT molecular complexity index is 953. The molecule has 156 valence electrons. The summed E-state index contributed by atoms with van der Waals surface area (Å²) in [5.41, 5.74) is 0. The molecule has 0 spiro atoms. The first-order valence-electron chi connectivity index (χ1n) is 10.7. The highest BCUT2D eigenvalue weighted by molar-refractivity contribution is 7.89. The fourth-order valence-electron chi connectivity index (χ4n) is 4.61. The van der Waals surface area contributed by atoms with E-state index < -0.39 is 10.0 Å². The topological polar surface area (TPSA) is 72.5 Å². The largest absolute Gasteiger partial charge is 0.370 e. The molecule has 1 aliphatic heterocycles. The number of ketones is 1. The lowest BCUT2D eigenvalue weighted by Gasteiger charge is -2.31. The molecule has 2 fully saturated rings. The smallest absolute Gasteiger partial charge is 0.241 e. The van der Waals surface area contributed by atoms with Crippen molar-refractivity contribution in [3.05, 3.63) is 42.5 Å². The SMILES string of the molecule is O=C(C1CCC(CNS(=O)(=O)c2cccc3ccccc23)CC1)C1CCCCO1. The van der Waals surface area contributed by atoms with Crippen LogP contribution in [0.4, 0.5) is 0 Å². The Morgan fingerprint density at radius 2 is 1.72 bits per heavy atom. The summed E-state index contributed by atoms with van der Waals surface area (Å²) in [5.74, 6) is 0.611. The number of rotatable bonds is 6. The summed E-state index contributed by atoms with van der Waals surface area (Å²) in [6.07, 6.45) is 6.18. The highest BCUT2D eigenvalue weighted by Gasteiger charge is 2.32. The molecule has 0 radical (unpaired) electrons. The van der Waals surface area contributed by atoms with Crippen molar-refractivity contribution in [3.63, 3.8) is 0 Å². The maximum absolute atomic E-state index is 12.9. The lowest BCUT2D eigenvalue weighted by Crippen LogP contribution is -2.37. The molecule has 1 N–H and O–H groups in total. The second-order valence-corrected chi connectivity index (χ2v) is 10.0. The minimum Gasteiger partial charge on any atom is -0.370 e. The molecule has 2 aromatic rings. The van der Waals surface area contributed by atoms with Gasteiger partial charge >= 0.3 is 0 Å². The van der Waals surface area contributed by atoms with Crippen molar-refractivity contribution < 1.29 is 17.9 Å². The molecule has 0 aromatic heterocycles. The maximum atomic E-state index is 12.9. The molecule has 1 heterocycles. The van der Waals surface area contributed by atoms with Crippen LogP contribution in [-0.4, -0.2) is 33.5 Å². The first-order chi connectivity index (χ1) is 14.0. The van der Waals surface area contributed by atoms with E-state index in [-0.39, 0.29) is 23.7 Å². The molecule has 4 rings (SSSR count). The van der Waals surface area contributed by atoms with Gasteiger partial charge in [-0.05, 0) is 62.3 Å². The Labute approximate surface area is 172 Å². The van der Waals surface area contributed by atoms with E-state index in [0.717, 1.165) is 55.7 Å². The van der Waals surface area contributed by atoms with Gasteiger partial charge in [-0.15, -0.1) is 0 Å². The van der Waals surface area contributed by atoms with Crippen LogP contribution in [0.5, 0.6) is 0 Å². The molecule has 2 aromatic carbocycles. The highest BCUT2D eigenvalue weighted by Crippen LogP contribution is 2.32. The van der Waals surface area contributed by atoms with Crippen molar-refractivity contribution in [1.29, 1.82) is 0 Å². The third-order valence-corrected chi connectivity index (χ3v) is 7.83. The lowest BCUT2D eigenvalue weighted by atomic mass is 9.78. The molecule has 1 saturated heterocycles. The number of fused-ring (bicyclic) bond motifs is 1. The van der Waals surface area contributed by atoms with Crippen molar-refractivity contribution in [2.45, 2.75) is 55.9 Å². The summed E-state index contributed by atoms with van der Waals surface area (Å²) in [6, 6.07) is 12.9. The standard InChI is InChI=1S/C23H29NO4S/c25-23(21-9-3-4-15-28-21)19-13-11-17(12-14-19)16-24-29(26,27)22-10-5-7-18-6-1-2-8-20(18)22/h1-2,5-8,10,17,19,21,24H,3-4,9,11-16H2. The van der Waals surface area contributed by atoms with Crippen molar-refractivity contribution >= 4 is 26.6 Å². The number of carbonyl (C=O) groups is 1. The van der Waals surface area contributed by atoms with Gasteiger partial charge in [-0.25, -0.2) is 13.1 Å². The zero-order valence-corrected chi connectivity index (χ0v) is 17.5. The Balaban J connectivity index is 1.33. The van der Waals surface area contributed by atoms with E-state index in [1.165, 1.54) is 0 Å². The van der Waals surface area contributed by atoms with Crippen LogP contribution in [0.1, 0.15) is 44.9 Å². The molecule has 29 heavy (non-hydrogen) atoms. The molecule has 5 nitrogen and oxygen atoms in total. The third-order valence-electron chi connectivity index (χ3n) is 6.35. The molecule has 0 bridgehead atoms. The number of Topliss-reactive ketones (excluding diaryl/α,β-unsaturated/α-hetero) is 1. The summed E-state index contributed by atoms with van der Waals surface area (Å²) in [4.78, 5) is 13.0. The monoisotopic (exact) mass is 415 g/mol. The minimum atomic E-state index is -3.57. The number of hydrogen-bond donors (Lipinski definition) is 1. The second kappa shape index (κ2) is 8.94. The van der Waals surface area contributed by atoms with Crippen molar-refractivity contribution in [2.75, 3.05) is 13.2 Å². The highest BCUT2D eigenvalue weighted by atomic mass is 32.2. The van der Waals surface area contributed by atoms with Crippen LogP contribution < -0.4 is 4.72 Å². The van der Waals surface area contributed by atoms with Gasteiger partial charge in [0.15, 0.2) is 5.78 Å². The second-order valence-electron chi connectivity index (χ2n) is 8.30. The number of ether oxygens (including phenoxy) is 1. The first-order valence-corrected chi connectivity index (χ1v) is 12.2. The van der Waals surface area contributed by atoms with Gasteiger partial charge in [-0.1, -0.05) is 36.4 Å². The summed E-state index contributed by atoms with van der Waals surface area (Å²) in [6.45, 7) is 1.12. The van der Waals surface area contributed by atoms with Crippen molar-refractivity contribution in [2.24, 2.45) is 11.8 Å². The van der Waals surface area contributed by atoms with Gasteiger partial charge in [-0.3, -0.25) is 4.79 Å².